The lowest BCUT2D eigenvalue weighted by molar-refractivity contribution is 0.627. The zero-order chi connectivity index (χ0) is 7.68. The van der Waals surface area contributed by atoms with Gasteiger partial charge in [-0.05, 0) is 6.07 Å². The Hall–Kier alpha value is -0.950. The molecule has 2 heterocycles. The number of nitrogens with zero attached hydrogens (tertiary/aromatic N) is 3. The Balaban J connectivity index is 2.29. The number of nitriles is 1. The average molecular weight is 165 g/mol. The molecule has 4 heteroatoms. The summed E-state index contributed by atoms with van der Waals surface area (Å²) in [5.41, 5.74) is 0.898. The van der Waals surface area contributed by atoms with E-state index < -0.39 is 0 Å². The van der Waals surface area contributed by atoms with E-state index in [2.05, 4.69) is 11.2 Å². The SMILES string of the molecule is N#CCc1cc2n(n1)CCS2. The van der Waals surface area contributed by atoms with Crippen LogP contribution in [0.2, 0.25) is 0 Å². The molecule has 1 aromatic heterocycles. The zero-order valence-electron chi connectivity index (χ0n) is 5.95. The van der Waals surface area contributed by atoms with Crippen LogP contribution < -0.4 is 0 Å². The normalized spacial score (nSPS) is 14.5. The second-order valence-electron chi connectivity index (χ2n) is 2.38. The lowest BCUT2D eigenvalue weighted by Gasteiger charge is -1.88. The first-order valence-corrected chi connectivity index (χ1v) is 4.45. The molecule has 0 unspecified atom stereocenters. The average Bonchev–Trinajstić information content (AvgIpc) is 2.46. The summed E-state index contributed by atoms with van der Waals surface area (Å²) < 4.78 is 1.97. The highest BCUT2D eigenvalue weighted by Crippen LogP contribution is 2.25. The van der Waals surface area contributed by atoms with Crippen LogP contribution in [0, 0.1) is 11.3 Å². The summed E-state index contributed by atoms with van der Waals surface area (Å²) in [6, 6.07) is 4.09. The van der Waals surface area contributed by atoms with Crippen molar-refractivity contribution in [1.82, 2.24) is 9.78 Å². The van der Waals surface area contributed by atoms with E-state index >= 15 is 0 Å². The number of rotatable bonds is 1. The van der Waals surface area contributed by atoms with Crippen LogP contribution in [0.5, 0.6) is 0 Å². The van der Waals surface area contributed by atoms with E-state index in [0.717, 1.165) is 18.0 Å². The molecule has 0 radical (unpaired) electrons. The van der Waals surface area contributed by atoms with Gasteiger partial charge in [-0.2, -0.15) is 10.4 Å². The summed E-state index contributed by atoms with van der Waals surface area (Å²) in [4.78, 5) is 0. The molecule has 0 aliphatic carbocycles. The zero-order valence-corrected chi connectivity index (χ0v) is 6.77. The van der Waals surface area contributed by atoms with Gasteiger partial charge in [0, 0.05) is 5.75 Å². The van der Waals surface area contributed by atoms with E-state index in [1.807, 2.05) is 10.7 Å². The van der Waals surface area contributed by atoms with Crippen LogP contribution in [-0.4, -0.2) is 15.5 Å². The van der Waals surface area contributed by atoms with Gasteiger partial charge in [-0.1, -0.05) is 0 Å². The van der Waals surface area contributed by atoms with E-state index in [1.165, 1.54) is 5.03 Å². The smallest absolute Gasteiger partial charge is 0.0944 e. The third-order valence-electron chi connectivity index (χ3n) is 1.61. The first kappa shape index (κ1) is 6.74. The Morgan fingerprint density at radius 2 is 2.73 bits per heavy atom. The fraction of sp³-hybridized carbons (Fsp3) is 0.429. The van der Waals surface area contributed by atoms with Crippen molar-refractivity contribution < 1.29 is 0 Å². The van der Waals surface area contributed by atoms with Crippen LogP contribution in [-0.2, 0) is 13.0 Å². The Morgan fingerprint density at radius 1 is 1.82 bits per heavy atom. The van der Waals surface area contributed by atoms with E-state index in [-0.39, 0.29) is 0 Å². The van der Waals surface area contributed by atoms with Gasteiger partial charge >= 0.3 is 0 Å². The van der Waals surface area contributed by atoms with Crippen LogP contribution in [0.15, 0.2) is 11.1 Å². The number of fused-ring (bicyclic) bond motifs is 1. The summed E-state index contributed by atoms with van der Waals surface area (Å²) in [6.07, 6.45) is 0.431. The second kappa shape index (κ2) is 2.59. The minimum atomic E-state index is 0.431. The fourth-order valence-corrected chi connectivity index (χ4v) is 2.10. The van der Waals surface area contributed by atoms with Gasteiger partial charge in [0.15, 0.2) is 0 Å². The first-order valence-electron chi connectivity index (χ1n) is 3.46. The van der Waals surface area contributed by atoms with Gasteiger partial charge in [0.1, 0.15) is 0 Å². The molecule has 11 heavy (non-hydrogen) atoms. The molecule has 3 nitrogen and oxygen atoms in total. The third kappa shape index (κ3) is 1.12. The summed E-state index contributed by atoms with van der Waals surface area (Å²) in [5, 5.41) is 13.9. The first-order chi connectivity index (χ1) is 5.40. The molecule has 0 atom stereocenters. The molecule has 1 aliphatic heterocycles. The molecule has 0 aromatic carbocycles. The van der Waals surface area contributed by atoms with E-state index in [0.29, 0.717) is 6.42 Å². The predicted octanol–water partition coefficient (Wildman–Crippen LogP) is 1.05. The summed E-state index contributed by atoms with van der Waals surface area (Å²) in [7, 11) is 0. The highest BCUT2D eigenvalue weighted by Gasteiger charge is 2.13. The molecule has 0 saturated heterocycles. The Bertz CT molecular complexity index is 288. The Kier molecular flexibility index (Phi) is 1.59. The summed E-state index contributed by atoms with van der Waals surface area (Å²) >= 11 is 1.81. The van der Waals surface area contributed by atoms with Gasteiger partial charge < -0.3 is 0 Å². The van der Waals surface area contributed by atoms with Crippen molar-refractivity contribution in [1.29, 1.82) is 5.26 Å². The maximum Gasteiger partial charge on any atom is 0.0944 e. The highest BCUT2D eigenvalue weighted by molar-refractivity contribution is 7.99. The van der Waals surface area contributed by atoms with Crippen LogP contribution >= 0.6 is 11.8 Å². The van der Waals surface area contributed by atoms with Crippen LogP contribution in [0.1, 0.15) is 5.69 Å². The van der Waals surface area contributed by atoms with Gasteiger partial charge in [0.25, 0.3) is 0 Å². The maximum absolute atomic E-state index is 8.40. The van der Waals surface area contributed by atoms with Gasteiger partial charge in [-0.15, -0.1) is 11.8 Å². The topological polar surface area (TPSA) is 41.6 Å². The van der Waals surface area contributed by atoms with E-state index in [9.17, 15) is 0 Å². The van der Waals surface area contributed by atoms with Crippen LogP contribution in [0.25, 0.3) is 0 Å². The second-order valence-corrected chi connectivity index (χ2v) is 3.50. The Labute approximate surface area is 69.0 Å². The quantitative estimate of drug-likeness (QED) is 0.624. The number of hydrogen-bond donors (Lipinski definition) is 0. The van der Waals surface area contributed by atoms with Crippen LogP contribution in [0.3, 0.4) is 0 Å². The lowest BCUT2D eigenvalue weighted by Crippen LogP contribution is -1.96. The molecule has 0 bridgehead atoms. The number of hydrogen-bond acceptors (Lipinski definition) is 3. The predicted molar refractivity (Wildman–Crippen MR) is 42.3 cm³/mol. The van der Waals surface area contributed by atoms with Gasteiger partial charge in [0.05, 0.1) is 29.8 Å². The molecule has 1 aromatic rings. The monoisotopic (exact) mass is 165 g/mol. The van der Waals surface area contributed by atoms with Crippen molar-refractivity contribution in [3.05, 3.63) is 11.8 Å². The van der Waals surface area contributed by atoms with Crippen LogP contribution in [0.4, 0.5) is 0 Å². The molecule has 0 saturated carbocycles. The molecular weight excluding hydrogens is 158 g/mol. The van der Waals surface area contributed by atoms with Gasteiger partial charge in [-0.3, -0.25) is 4.68 Å². The third-order valence-corrected chi connectivity index (χ3v) is 2.62. The molecule has 0 fully saturated rings. The van der Waals surface area contributed by atoms with Crippen molar-refractivity contribution in [3.8, 4) is 6.07 Å². The minimum Gasteiger partial charge on any atom is -0.258 e. The van der Waals surface area contributed by atoms with Gasteiger partial charge in [0.2, 0.25) is 0 Å². The van der Waals surface area contributed by atoms with Gasteiger partial charge in [-0.25, -0.2) is 0 Å². The van der Waals surface area contributed by atoms with Crippen molar-refractivity contribution >= 4 is 11.8 Å². The molecule has 56 valence electrons. The molecule has 2 rings (SSSR count). The van der Waals surface area contributed by atoms with Crippen molar-refractivity contribution in [2.75, 3.05) is 5.75 Å². The minimum absolute atomic E-state index is 0.431. The maximum atomic E-state index is 8.40. The van der Waals surface area contributed by atoms with Crippen molar-refractivity contribution in [3.63, 3.8) is 0 Å². The lowest BCUT2D eigenvalue weighted by atomic mass is 10.3. The highest BCUT2D eigenvalue weighted by atomic mass is 32.2. The van der Waals surface area contributed by atoms with Crippen molar-refractivity contribution in [2.45, 2.75) is 18.0 Å². The van der Waals surface area contributed by atoms with Crippen molar-refractivity contribution in [2.24, 2.45) is 0 Å². The fourth-order valence-electron chi connectivity index (χ4n) is 1.13. The van der Waals surface area contributed by atoms with E-state index in [4.69, 9.17) is 5.26 Å². The number of thioether (sulfide) groups is 1. The number of aromatic nitrogens is 2. The molecule has 1 aliphatic rings. The summed E-state index contributed by atoms with van der Waals surface area (Å²) in [6.45, 7) is 0.991. The standard InChI is InChI=1S/C7H7N3S/c8-2-1-6-5-7-10(9-6)3-4-11-7/h5H,1,3-4H2. The molecular formula is C7H7N3S. The largest absolute Gasteiger partial charge is 0.258 e. The number of aryl methyl sites for hydroxylation is 1. The van der Waals surface area contributed by atoms with E-state index in [1.54, 1.807) is 11.8 Å². The molecule has 0 spiro atoms. The summed E-state index contributed by atoms with van der Waals surface area (Å²) in [5.74, 6) is 1.12. The Morgan fingerprint density at radius 3 is 3.45 bits per heavy atom. The molecule has 0 N–H and O–H groups in total. The molecule has 0 amide bonds.